The van der Waals surface area contributed by atoms with Crippen LogP contribution in [0.15, 0.2) is 54.6 Å². The van der Waals surface area contributed by atoms with Crippen LogP contribution in [0.4, 0.5) is 8.78 Å². The van der Waals surface area contributed by atoms with E-state index >= 15 is 0 Å². The van der Waals surface area contributed by atoms with Gasteiger partial charge in [0.05, 0.1) is 6.04 Å². The normalized spacial score (nSPS) is 12.3. The highest BCUT2D eigenvalue weighted by molar-refractivity contribution is 5.94. The van der Waals surface area contributed by atoms with Gasteiger partial charge in [0.2, 0.25) is 0 Å². The largest absolute Gasteiger partial charge is 0.435 e. The Balaban J connectivity index is 2.10. The van der Waals surface area contributed by atoms with Crippen LogP contribution >= 0.6 is 0 Å². The van der Waals surface area contributed by atoms with Crippen LogP contribution in [0.5, 0.6) is 5.75 Å². The number of carbonyl (C=O) groups excluding carboxylic acids is 1. The molecule has 1 N–H and O–H groups in total. The Morgan fingerprint density at radius 3 is 2.13 bits per heavy atom. The molecule has 2 aromatic rings. The van der Waals surface area contributed by atoms with E-state index in [-0.39, 0.29) is 23.6 Å². The van der Waals surface area contributed by atoms with Crippen molar-refractivity contribution in [1.29, 1.82) is 0 Å². The first kappa shape index (κ1) is 16.9. The summed E-state index contributed by atoms with van der Waals surface area (Å²) in [6.07, 6.45) is 0. The second-order valence-corrected chi connectivity index (χ2v) is 5.51. The number of halogens is 2. The van der Waals surface area contributed by atoms with Crippen LogP contribution in [0.3, 0.4) is 0 Å². The van der Waals surface area contributed by atoms with E-state index in [4.69, 9.17) is 0 Å². The standard InChI is InChI=1S/C18H19F2NO2/c1-12(2)16(13-6-4-3-5-7-13)21-17(22)14-8-10-15(11-9-14)23-18(19)20/h3-12,16,18H,1-2H3,(H,21,22)/t16-/m1/s1. The quantitative estimate of drug-likeness (QED) is 0.856. The Hall–Kier alpha value is -2.43. The summed E-state index contributed by atoms with van der Waals surface area (Å²) >= 11 is 0. The maximum atomic E-state index is 12.4. The molecule has 0 spiro atoms. The van der Waals surface area contributed by atoms with E-state index in [0.717, 1.165) is 5.56 Å². The number of hydrogen-bond donors (Lipinski definition) is 1. The summed E-state index contributed by atoms with van der Waals surface area (Å²) in [5.74, 6) is -0.0149. The lowest BCUT2D eigenvalue weighted by Crippen LogP contribution is -2.31. The summed E-state index contributed by atoms with van der Waals surface area (Å²) in [5.41, 5.74) is 1.42. The molecule has 0 aromatic heterocycles. The van der Waals surface area contributed by atoms with Crippen LogP contribution in [0.1, 0.15) is 35.8 Å². The van der Waals surface area contributed by atoms with E-state index in [0.29, 0.717) is 5.56 Å². The van der Waals surface area contributed by atoms with Crippen molar-refractivity contribution in [1.82, 2.24) is 5.32 Å². The van der Waals surface area contributed by atoms with Crippen molar-refractivity contribution < 1.29 is 18.3 Å². The third-order valence-electron chi connectivity index (χ3n) is 3.45. The van der Waals surface area contributed by atoms with Gasteiger partial charge >= 0.3 is 6.61 Å². The molecule has 23 heavy (non-hydrogen) atoms. The van der Waals surface area contributed by atoms with Gasteiger partial charge in [-0.2, -0.15) is 8.78 Å². The van der Waals surface area contributed by atoms with Gasteiger partial charge in [0.1, 0.15) is 5.75 Å². The Morgan fingerprint density at radius 2 is 1.61 bits per heavy atom. The number of ether oxygens (including phenoxy) is 1. The first-order valence-electron chi connectivity index (χ1n) is 7.38. The first-order chi connectivity index (χ1) is 11.0. The fourth-order valence-corrected chi connectivity index (χ4v) is 2.31. The van der Waals surface area contributed by atoms with E-state index in [1.54, 1.807) is 0 Å². The number of benzene rings is 2. The van der Waals surface area contributed by atoms with E-state index < -0.39 is 6.61 Å². The Morgan fingerprint density at radius 1 is 1.00 bits per heavy atom. The van der Waals surface area contributed by atoms with Gasteiger partial charge in [-0.25, -0.2) is 0 Å². The van der Waals surface area contributed by atoms with Crippen LogP contribution in [0.25, 0.3) is 0 Å². The van der Waals surface area contributed by atoms with Crippen molar-refractivity contribution in [3.05, 3.63) is 65.7 Å². The fourth-order valence-electron chi connectivity index (χ4n) is 2.31. The fraction of sp³-hybridized carbons (Fsp3) is 0.278. The zero-order chi connectivity index (χ0) is 16.8. The lowest BCUT2D eigenvalue weighted by atomic mass is 9.95. The molecule has 2 aromatic carbocycles. The second kappa shape index (κ2) is 7.72. The van der Waals surface area contributed by atoms with Crippen molar-refractivity contribution in [3.63, 3.8) is 0 Å². The number of amides is 1. The molecule has 3 nitrogen and oxygen atoms in total. The molecule has 0 radical (unpaired) electrons. The topological polar surface area (TPSA) is 38.3 Å². The van der Waals surface area contributed by atoms with E-state index in [1.165, 1.54) is 24.3 Å². The number of hydrogen-bond acceptors (Lipinski definition) is 2. The molecule has 0 saturated carbocycles. The third-order valence-corrected chi connectivity index (χ3v) is 3.45. The van der Waals surface area contributed by atoms with E-state index in [2.05, 4.69) is 10.1 Å². The summed E-state index contributed by atoms with van der Waals surface area (Å²) in [6, 6.07) is 15.2. The highest BCUT2D eigenvalue weighted by atomic mass is 19.3. The Labute approximate surface area is 134 Å². The predicted molar refractivity (Wildman–Crippen MR) is 84.6 cm³/mol. The summed E-state index contributed by atoms with van der Waals surface area (Å²) in [4.78, 5) is 12.4. The van der Waals surface area contributed by atoms with Crippen molar-refractivity contribution in [2.75, 3.05) is 0 Å². The zero-order valence-electron chi connectivity index (χ0n) is 13.0. The van der Waals surface area contributed by atoms with E-state index in [9.17, 15) is 13.6 Å². The predicted octanol–water partition coefficient (Wildman–Crippen LogP) is 4.42. The Kier molecular flexibility index (Phi) is 5.68. The van der Waals surface area contributed by atoms with Gasteiger partial charge in [-0.3, -0.25) is 4.79 Å². The average Bonchev–Trinajstić information content (AvgIpc) is 2.53. The van der Waals surface area contributed by atoms with Gasteiger partial charge in [0.25, 0.3) is 5.91 Å². The number of carbonyl (C=O) groups is 1. The smallest absolute Gasteiger partial charge is 0.387 e. The van der Waals surface area contributed by atoms with Crippen molar-refractivity contribution in [2.45, 2.75) is 26.5 Å². The monoisotopic (exact) mass is 319 g/mol. The molecule has 5 heteroatoms. The maximum absolute atomic E-state index is 12.4. The number of alkyl halides is 2. The zero-order valence-corrected chi connectivity index (χ0v) is 13.0. The van der Waals surface area contributed by atoms with Crippen molar-refractivity contribution in [2.24, 2.45) is 5.92 Å². The van der Waals surface area contributed by atoms with Crippen LogP contribution in [-0.4, -0.2) is 12.5 Å². The lowest BCUT2D eigenvalue weighted by Gasteiger charge is -2.23. The second-order valence-electron chi connectivity index (χ2n) is 5.51. The van der Waals surface area contributed by atoms with Gasteiger partial charge in [0.15, 0.2) is 0 Å². The summed E-state index contributed by atoms with van der Waals surface area (Å²) in [7, 11) is 0. The van der Waals surface area contributed by atoms with Gasteiger partial charge < -0.3 is 10.1 Å². The molecule has 2 rings (SSSR count). The lowest BCUT2D eigenvalue weighted by molar-refractivity contribution is -0.0498. The molecule has 0 aliphatic rings. The minimum Gasteiger partial charge on any atom is -0.435 e. The summed E-state index contributed by atoms with van der Waals surface area (Å²) in [6.45, 7) is 1.17. The molecular weight excluding hydrogens is 300 g/mol. The molecular formula is C18H19F2NO2. The van der Waals surface area contributed by atoms with Gasteiger partial charge in [-0.05, 0) is 35.7 Å². The van der Waals surface area contributed by atoms with Crippen LogP contribution in [0.2, 0.25) is 0 Å². The maximum Gasteiger partial charge on any atom is 0.387 e. The van der Waals surface area contributed by atoms with Crippen LogP contribution in [0, 0.1) is 5.92 Å². The van der Waals surface area contributed by atoms with Gasteiger partial charge in [-0.15, -0.1) is 0 Å². The van der Waals surface area contributed by atoms with Crippen LogP contribution in [-0.2, 0) is 0 Å². The minimum atomic E-state index is -2.88. The molecule has 0 saturated heterocycles. The van der Waals surface area contributed by atoms with Crippen molar-refractivity contribution in [3.8, 4) is 5.75 Å². The molecule has 1 amide bonds. The molecule has 0 fully saturated rings. The summed E-state index contributed by atoms with van der Waals surface area (Å²) in [5, 5.41) is 2.98. The van der Waals surface area contributed by atoms with Gasteiger partial charge in [-0.1, -0.05) is 44.2 Å². The first-order valence-corrected chi connectivity index (χ1v) is 7.38. The Bertz CT molecular complexity index is 627. The molecule has 0 heterocycles. The molecule has 0 aliphatic heterocycles. The molecule has 0 unspecified atom stereocenters. The molecule has 1 atom stereocenters. The SMILES string of the molecule is CC(C)[C@@H](NC(=O)c1ccc(OC(F)F)cc1)c1ccccc1. The van der Waals surface area contributed by atoms with Crippen molar-refractivity contribution >= 4 is 5.91 Å². The molecule has 0 bridgehead atoms. The highest BCUT2D eigenvalue weighted by Crippen LogP contribution is 2.22. The van der Waals surface area contributed by atoms with E-state index in [1.807, 2.05) is 44.2 Å². The number of nitrogens with one attached hydrogen (secondary N) is 1. The minimum absolute atomic E-state index is 0.0278. The number of rotatable bonds is 6. The summed E-state index contributed by atoms with van der Waals surface area (Å²) < 4.78 is 28.5. The molecule has 122 valence electrons. The van der Waals surface area contributed by atoms with Crippen LogP contribution < -0.4 is 10.1 Å². The average molecular weight is 319 g/mol. The highest BCUT2D eigenvalue weighted by Gasteiger charge is 2.19. The molecule has 0 aliphatic carbocycles. The third kappa shape index (κ3) is 4.77. The van der Waals surface area contributed by atoms with Gasteiger partial charge in [0, 0.05) is 5.56 Å².